The molecule has 0 aliphatic carbocycles. The van der Waals surface area contributed by atoms with E-state index in [2.05, 4.69) is 26.1 Å². The van der Waals surface area contributed by atoms with Crippen molar-refractivity contribution in [3.63, 3.8) is 0 Å². The Morgan fingerprint density at radius 2 is 1.84 bits per heavy atom. The lowest BCUT2D eigenvalue weighted by molar-refractivity contribution is -0.122. The number of nitrogens with zero attached hydrogens (tertiary/aromatic N) is 2. The van der Waals surface area contributed by atoms with Gasteiger partial charge in [0, 0.05) is 34.9 Å². The number of nitrogens with one attached hydrogen (secondary N) is 1. The van der Waals surface area contributed by atoms with Gasteiger partial charge in [-0.25, -0.2) is 0 Å². The van der Waals surface area contributed by atoms with E-state index in [1.165, 1.54) is 24.2 Å². The van der Waals surface area contributed by atoms with Crippen molar-refractivity contribution in [1.29, 1.82) is 0 Å². The van der Waals surface area contributed by atoms with Crippen molar-refractivity contribution in [3.8, 4) is 5.75 Å². The number of piperidine rings is 1. The van der Waals surface area contributed by atoms with E-state index in [1.54, 1.807) is 31.4 Å². The number of carbonyl (C=O) groups is 2. The molecule has 2 aromatic rings. The molecule has 2 aliphatic rings. The molecule has 0 saturated carbocycles. The van der Waals surface area contributed by atoms with Crippen molar-refractivity contribution in [2.45, 2.75) is 19.3 Å². The van der Waals surface area contributed by atoms with E-state index in [1.807, 2.05) is 24.3 Å². The quantitative estimate of drug-likeness (QED) is 0.386. The molecule has 0 bridgehead atoms. The zero-order chi connectivity index (χ0) is 22.0. The maximum atomic E-state index is 13.2. The Labute approximate surface area is 195 Å². The number of amides is 2. The molecular formula is C23H22BrN3O3S. The molecule has 2 aromatic carbocycles. The largest absolute Gasteiger partial charge is 0.496 e. The van der Waals surface area contributed by atoms with Crippen LogP contribution in [0.2, 0.25) is 0 Å². The summed E-state index contributed by atoms with van der Waals surface area (Å²) in [6.45, 7) is 2.03. The molecule has 2 amide bonds. The molecule has 0 atom stereocenters. The van der Waals surface area contributed by atoms with Crippen LogP contribution in [0.5, 0.6) is 5.75 Å². The van der Waals surface area contributed by atoms with Crippen LogP contribution in [-0.2, 0) is 9.59 Å². The molecule has 160 valence electrons. The molecule has 2 saturated heterocycles. The lowest BCUT2D eigenvalue weighted by atomic mass is 10.0. The Hall–Kier alpha value is -2.71. The van der Waals surface area contributed by atoms with E-state index < -0.39 is 11.8 Å². The number of rotatable bonds is 4. The molecule has 2 heterocycles. The molecule has 0 aromatic heterocycles. The summed E-state index contributed by atoms with van der Waals surface area (Å²) < 4.78 is 6.38. The Morgan fingerprint density at radius 1 is 1.06 bits per heavy atom. The van der Waals surface area contributed by atoms with E-state index in [9.17, 15) is 9.59 Å². The number of thiocarbonyl (C=S) groups is 1. The molecule has 0 spiro atoms. The molecule has 2 aliphatic heterocycles. The Bertz CT molecular complexity index is 1080. The van der Waals surface area contributed by atoms with E-state index in [4.69, 9.17) is 17.0 Å². The lowest BCUT2D eigenvalue weighted by Gasteiger charge is -2.30. The summed E-state index contributed by atoms with van der Waals surface area (Å²) in [4.78, 5) is 29.5. The van der Waals surface area contributed by atoms with Gasteiger partial charge in [-0.2, -0.15) is 0 Å². The number of hydrogen-bond acceptors (Lipinski definition) is 5. The van der Waals surface area contributed by atoms with Crippen LogP contribution >= 0.6 is 28.1 Å². The first-order valence-corrected chi connectivity index (χ1v) is 11.3. The molecule has 8 heteroatoms. The van der Waals surface area contributed by atoms with Crippen LogP contribution in [0, 0.1) is 0 Å². The van der Waals surface area contributed by atoms with Crippen molar-refractivity contribution in [2.75, 3.05) is 30.0 Å². The van der Waals surface area contributed by atoms with E-state index in [-0.39, 0.29) is 10.7 Å². The lowest BCUT2D eigenvalue weighted by Crippen LogP contribution is -2.54. The number of halogens is 1. The minimum atomic E-state index is -0.525. The van der Waals surface area contributed by atoms with Crippen LogP contribution < -0.4 is 19.9 Å². The maximum absolute atomic E-state index is 13.2. The van der Waals surface area contributed by atoms with Gasteiger partial charge >= 0.3 is 0 Å². The van der Waals surface area contributed by atoms with Crippen molar-refractivity contribution >= 4 is 62.5 Å². The molecule has 1 N–H and O–H groups in total. The highest BCUT2D eigenvalue weighted by Crippen LogP contribution is 2.31. The van der Waals surface area contributed by atoms with Gasteiger partial charge in [0.1, 0.15) is 11.3 Å². The smallest absolute Gasteiger partial charge is 0.270 e. The van der Waals surface area contributed by atoms with Crippen LogP contribution in [0.1, 0.15) is 24.8 Å². The maximum Gasteiger partial charge on any atom is 0.270 e. The van der Waals surface area contributed by atoms with Crippen LogP contribution in [-0.4, -0.2) is 37.1 Å². The number of carbonyl (C=O) groups excluding carboxylic acids is 2. The Balaban J connectivity index is 1.68. The second kappa shape index (κ2) is 9.20. The third kappa shape index (κ3) is 4.50. The van der Waals surface area contributed by atoms with Gasteiger partial charge in [-0.1, -0.05) is 22.0 Å². The first-order chi connectivity index (χ1) is 15.0. The third-order valence-corrected chi connectivity index (χ3v) is 6.18. The number of ether oxygens (including phenoxy) is 1. The van der Waals surface area contributed by atoms with Gasteiger partial charge in [0.15, 0.2) is 5.11 Å². The number of methoxy groups -OCH3 is 1. The highest BCUT2D eigenvalue weighted by molar-refractivity contribution is 9.10. The van der Waals surface area contributed by atoms with Gasteiger partial charge in [0.05, 0.1) is 12.8 Å². The molecular weight excluding hydrogens is 478 g/mol. The van der Waals surface area contributed by atoms with Gasteiger partial charge in [0.2, 0.25) is 0 Å². The van der Waals surface area contributed by atoms with E-state index in [0.717, 1.165) is 23.2 Å². The van der Waals surface area contributed by atoms with Crippen molar-refractivity contribution < 1.29 is 14.3 Å². The van der Waals surface area contributed by atoms with E-state index >= 15 is 0 Å². The van der Waals surface area contributed by atoms with Crippen LogP contribution in [0.3, 0.4) is 0 Å². The second-order valence-electron chi connectivity index (χ2n) is 7.41. The summed E-state index contributed by atoms with van der Waals surface area (Å²) in [6.07, 6.45) is 5.16. The van der Waals surface area contributed by atoms with Gasteiger partial charge in [-0.15, -0.1) is 0 Å². The van der Waals surface area contributed by atoms with Gasteiger partial charge < -0.3 is 9.64 Å². The van der Waals surface area contributed by atoms with Crippen LogP contribution in [0.25, 0.3) is 6.08 Å². The summed E-state index contributed by atoms with van der Waals surface area (Å²) in [5.41, 5.74) is 2.30. The fourth-order valence-corrected chi connectivity index (χ4v) is 4.50. The Kier molecular flexibility index (Phi) is 6.38. The SMILES string of the molecule is COc1cc(N2CCCCC2)ccc1/C=C1\C(=O)NC(=S)N(c2cccc(Br)c2)C1=O. The zero-order valence-electron chi connectivity index (χ0n) is 17.1. The fraction of sp³-hybridized carbons (Fsp3) is 0.261. The predicted octanol–water partition coefficient (Wildman–Crippen LogP) is 4.28. The minimum absolute atomic E-state index is 0.00222. The molecule has 0 unspecified atom stereocenters. The topological polar surface area (TPSA) is 61.9 Å². The third-order valence-electron chi connectivity index (χ3n) is 5.41. The monoisotopic (exact) mass is 499 g/mol. The fourth-order valence-electron chi connectivity index (χ4n) is 3.83. The Morgan fingerprint density at radius 3 is 2.55 bits per heavy atom. The van der Waals surface area contributed by atoms with Crippen molar-refractivity contribution in [2.24, 2.45) is 0 Å². The van der Waals surface area contributed by atoms with Crippen LogP contribution in [0.15, 0.2) is 52.5 Å². The number of anilines is 2. The zero-order valence-corrected chi connectivity index (χ0v) is 19.5. The number of hydrogen-bond donors (Lipinski definition) is 1. The second-order valence-corrected chi connectivity index (χ2v) is 8.71. The summed E-state index contributed by atoms with van der Waals surface area (Å²) in [5, 5.41) is 2.67. The predicted molar refractivity (Wildman–Crippen MR) is 129 cm³/mol. The highest BCUT2D eigenvalue weighted by Gasteiger charge is 2.34. The van der Waals surface area contributed by atoms with Gasteiger partial charge in [0.25, 0.3) is 11.8 Å². The minimum Gasteiger partial charge on any atom is -0.496 e. The highest BCUT2D eigenvalue weighted by atomic mass is 79.9. The van der Waals surface area contributed by atoms with E-state index in [0.29, 0.717) is 17.0 Å². The van der Waals surface area contributed by atoms with Crippen molar-refractivity contribution in [3.05, 3.63) is 58.1 Å². The molecule has 0 radical (unpaired) electrons. The first-order valence-electron chi connectivity index (χ1n) is 10.1. The average Bonchev–Trinajstić information content (AvgIpc) is 2.77. The van der Waals surface area contributed by atoms with Gasteiger partial charge in [-0.3, -0.25) is 19.8 Å². The summed E-state index contributed by atoms with van der Waals surface area (Å²) in [6, 6.07) is 13.0. The van der Waals surface area contributed by atoms with Crippen molar-refractivity contribution in [1.82, 2.24) is 5.32 Å². The molecule has 6 nitrogen and oxygen atoms in total. The summed E-state index contributed by atoms with van der Waals surface area (Å²) in [7, 11) is 1.59. The normalized spacial score (nSPS) is 18.4. The standard InChI is InChI=1S/C23H22BrN3O3S/c1-30-20-14-17(26-10-3-2-4-11-26)9-8-15(20)12-19-21(28)25-23(31)27(22(19)29)18-7-5-6-16(24)13-18/h5-9,12-14H,2-4,10-11H2,1H3,(H,25,28,31)/b19-12+. The first kappa shape index (κ1) is 21.5. The van der Waals surface area contributed by atoms with Crippen LogP contribution in [0.4, 0.5) is 11.4 Å². The van der Waals surface area contributed by atoms with Gasteiger partial charge in [-0.05, 0) is 67.9 Å². The average molecular weight is 500 g/mol. The molecule has 31 heavy (non-hydrogen) atoms. The molecule has 2 fully saturated rings. The summed E-state index contributed by atoms with van der Waals surface area (Å²) in [5.74, 6) is -0.393. The molecule has 4 rings (SSSR count). The summed E-state index contributed by atoms with van der Waals surface area (Å²) >= 11 is 8.67. The number of benzene rings is 2.